The maximum absolute atomic E-state index is 12.1. The quantitative estimate of drug-likeness (QED) is 0.712. The molecule has 1 aromatic carbocycles. The minimum Gasteiger partial charge on any atom is -0.494 e. The summed E-state index contributed by atoms with van der Waals surface area (Å²) < 4.78 is 17.5. The normalized spacial score (nSPS) is 11.5. The second-order valence-electron chi connectivity index (χ2n) is 3.21. The maximum atomic E-state index is 12.1. The Labute approximate surface area is 84.2 Å². The average molecular weight is 194 g/mol. The van der Waals surface area contributed by atoms with Crippen molar-refractivity contribution in [3.8, 4) is 5.75 Å². The molecule has 0 radical (unpaired) electrons. The van der Waals surface area contributed by atoms with Crippen molar-refractivity contribution in [3.63, 3.8) is 0 Å². The van der Waals surface area contributed by atoms with E-state index in [-0.39, 0.29) is 0 Å². The molecule has 2 heteroatoms. The first-order chi connectivity index (χ1) is 6.76. The van der Waals surface area contributed by atoms with Crippen LogP contribution >= 0.6 is 0 Å². The molecule has 0 aliphatic rings. The zero-order valence-electron chi connectivity index (χ0n) is 8.59. The van der Waals surface area contributed by atoms with Crippen LogP contribution in [0.4, 0.5) is 4.39 Å². The summed E-state index contributed by atoms with van der Waals surface area (Å²) in [4.78, 5) is 0. The van der Waals surface area contributed by atoms with E-state index >= 15 is 0 Å². The lowest BCUT2D eigenvalue weighted by molar-refractivity contribution is 0.340. The van der Waals surface area contributed by atoms with Gasteiger partial charge in [0.15, 0.2) is 0 Å². The first kappa shape index (κ1) is 10.8. The molecule has 0 amide bonds. The van der Waals surface area contributed by atoms with Gasteiger partial charge >= 0.3 is 0 Å². The molecule has 14 heavy (non-hydrogen) atoms. The van der Waals surface area contributed by atoms with Gasteiger partial charge in [-0.05, 0) is 43.5 Å². The van der Waals surface area contributed by atoms with Crippen molar-refractivity contribution < 1.29 is 9.13 Å². The highest BCUT2D eigenvalue weighted by Gasteiger charge is 1.97. The first-order valence-corrected chi connectivity index (χ1v) is 4.74. The van der Waals surface area contributed by atoms with Crippen molar-refractivity contribution in [2.75, 3.05) is 6.61 Å². The molecule has 0 aliphatic heterocycles. The van der Waals surface area contributed by atoms with Crippen LogP contribution in [0.1, 0.15) is 19.4 Å². The van der Waals surface area contributed by atoms with E-state index in [9.17, 15) is 4.39 Å². The number of ether oxygens (including phenoxy) is 1. The zero-order chi connectivity index (χ0) is 10.4. The Hall–Kier alpha value is -1.31. The Morgan fingerprint density at radius 2 is 2.29 bits per heavy atom. The molecule has 0 spiro atoms. The highest BCUT2D eigenvalue weighted by Crippen LogP contribution is 2.16. The topological polar surface area (TPSA) is 9.23 Å². The molecular weight excluding hydrogens is 179 g/mol. The van der Waals surface area contributed by atoms with Gasteiger partial charge in [-0.2, -0.15) is 0 Å². The number of rotatable bonds is 4. The van der Waals surface area contributed by atoms with E-state index in [0.717, 1.165) is 16.9 Å². The van der Waals surface area contributed by atoms with Crippen LogP contribution in [0.2, 0.25) is 0 Å². The van der Waals surface area contributed by atoms with Gasteiger partial charge in [0.2, 0.25) is 0 Å². The summed E-state index contributed by atoms with van der Waals surface area (Å²) in [5.74, 6) is 0.844. The molecule has 0 fully saturated rings. The Kier molecular flexibility index (Phi) is 4.17. The van der Waals surface area contributed by atoms with E-state index < -0.39 is 0 Å². The van der Waals surface area contributed by atoms with Crippen molar-refractivity contribution >= 4 is 0 Å². The van der Waals surface area contributed by atoms with E-state index in [2.05, 4.69) is 0 Å². The monoisotopic (exact) mass is 194 g/mol. The van der Waals surface area contributed by atoms with Gasteiger partial charge in [0.1, 0.15) is 5.75 Å². The molecule has 0 N–H and O–H groups in total. The van der Waals surface area contributed by atoms with Gasteiger partial charge in [-0.25, -0.2) is 4.39 Å². The molecule has 0 heterocycles. The first-order valence-electron chi connectivity index (χ1n) is 4.74. The van der Waals surface area contributed by atoms with Gasteiger partial charge in [-0.1, -0.05) is 12.1 Å². The Morgan fingerprint density at radius 1 is 1.50 bits per heavy atom. The molecule has 0 unspecified atom stereocenters. The number of benzene rings is 1. The van der Waals surface area contributed by atoms with Gasteiger partial charge in [0.05, 0.1) is 12.9 Å². The maximum Gasteiger partial charge on any atom is 0.119 e. The van der Waals surface area contributed by atoms with Crippen LogP contribution in [-0.4, -0.2) is 6.61 Å². The summed E-state index contributed by atoms with van der Waals surface area (Å²) in [6.45, 7) is 4.37. The SMILES string of the molecule is CCOc1cccc(C/C(C)=C\F)c1. The summed E-state index contributed by atoms with van der Waals surface area (Å²) in [5.41, 5.74) is 1.79. The summed E-state index contributed by atoms with van der Waals surface area (Å²) in [6, 6.07) is 7.74. The molecule has 0 saturated heterocycles. The zero-order valence-corrected chi connectivity index (χ0v) is 8.59. The predicted molar refractivity (Wildman–Crippen MR) is 56.2 cm³/mol. The summed E-state index contributed by atoms with van der Waals surface area (Å²) >= 11 is 0. The van der Waals surface area contributed by atoms with Crippen LogP contribution in [0.15, 0.2) is 36.2 Å². The number of hydrogen-bond acceptors (Lipinski definition) is 1. The molecular formula is C12H15FO. The summed E-state index contributed by atoms with van der Waals surface area (Å²) in [6.07, 6.45) is 1.28. The van der Waals surface area contributed by atoms with E-state index in [4.69, 9.17) is 4.74 Å². The molecule has 0 aromatic heterocycles. The minimum absolute atomic E-state index is 0.636. The third kappa shape index (κ3) is 3.21. The van der Waals surface area contributed by atoms with Crippen LogP contribution in [-0.2, 0) is 6.42 Å². The third-order valence-corrected chi connectivity index (χ3v) is 1.88. The van der Waals surface area contributed by atoms with Crippen LogP contribution in [0.3, 0.4) is 0 Å². The van der Waals surface area contributed by atoms with Crippen molar-refractivity contribution in [3.05, 3.63) is 41.7 Å². The smallest absolute Gasteiger partial charge is 0.119 e. The highest BCUT2D eigenvalue weighted by molar-refractivity contribution is 5.30. The second kappa shape index (κ2) is 5.43. The average Bonchev–Trinajstić information content (AvgIpc) is 2.19. The van der Waals surface area contributed by atoms with E-state index in [0.29, 0.717) is 19.4 Å². The molecule has 0 saturated carbocycles. The lowest BCUT2D eigenvalue weighted by Gasteiger charge is -2.05. The largest absolute Gasteiger partial charge is 0.494 e. The fourth-order valence-corrected chi connectivity index (χ4v) is 1.27. The van der Waals surface area contributed by atoms with Crippen LogP contribution < -0.4 is 4.74 Å². The second-order valence-corrected chi connectivity index (χ2v) is 3.21. The fraction of sp³-hybridized carbons (Fsp3) is 0.333. The standard InChI is InChI=1S/C12H15FO/c1-3-14-12-6-4-5-11(8-12)7-10(2)9-13/h4-6,8-9H,3,7H2,1-2H3/b10-9-. The predicted octanol–water partition coefficient (Wildman–Crippen LogP) is 3.50. The van der Waals surface area contributed by atoms with Crippen molar-refractivity contribution in [2.45, 2.75) is 20.3 Å². The number of halogens is 1. The van der Waals surface area contributed by atoms with Crippen LogP contribution in [0.5, 0.6) is 5.75 Å². The number of hydrogen-bond donors (Lipinski definition) is 0. The van der Waals surface area contributed by atoms with Crippen LogP contribution in [0, 0.1) is 0 Å². The van der Waals surface area contributed by atoms with E-state index in [1.165, 1.54) is 0 Å². The Bertz CT molecular complexity index is 318. The van der Waals surface area contributed by atoms with E-state index in [1.807, 2.05) is 31.2 Å². The molecule has 0 bridgehead atoms. The summed E-state index contributed by atoms with van der Waals surface area (Å²) in [7, 11) is 0. The molecule has 0 aliphatic carbocycles. The fourth-order valence-electron chi connectivity index (χ4n) is 1.27. The molecule has 1 aromatic rings. The molecule has 1 rings (SSSR count). The lowest BCUT2D eigenvalue weighted by atomic mass is 10.1. The van der Waals surface area contributed by atoms with Gasteiger partial charge < -0.3 is 4.74 Å². The molecule has 1 nitrogen and oxygen atoms in total. The highest BCUT2D eigenvalue weighted by atomic mass is 19.1. The van der Waals surface area contributed by atoms with Gasteiger partial charge in [-0.15, -0.1) is 0 Å². The lowest BCUT2D eigenvalue weighted by Crippen LogP contribution is -1.93. The van der Waals surface area contributed by atoms with Crippen molar-refractivity contribution in [1.82, 2.24) is 0 Å². The van der Waals surface area contributed by atoms with Crippen molar-refractivity contribution in [1.29, 1.82) is 0 Å². The van der Waals surface area contributed by atoms with E-state index in [1.54, 1.807) is 6.92 Å². The van der Waals surface area contributed by atoms with Gasteiger partial charge in [-0.3, -0.25) is 0 Å². The molecule has 76 valence electrons. The van der Waals surface area contributed by atoms with Crippen molar-refractivity contribution in [2.24, 2.45) is 0 Å². The summed E-state index contributed by atoms with van der Waals surface area (Å²) in [5, 5.41) is 0. The van der Waals surface area contributed by atoms with Crippen LogP contribution in [0.25, 0.3) is 0 Å². The third-order valence-electron chi connectivity index (χ3n) is 1.88. The Balaban J connectivity index is 2.73. The molecule has 0 atom stereocenters. The van der Waals surface area contributed by atoms with Gasteiger partial charge in [0, 0.05) is 0 Å². The Morgan fingerprint density at radius 3 is 2.93 bits per heavy atom. The number of allylic oxidation sites excluding steroid dienone is 1. The van der Waals surface area contributed by atoms with Gasteiger partial charge in [0.25, 0.3) is 0 Å². The minimum atomic E-state index is 0.636.